The number of rotatable bonds is 50. The van der Waals surface area contributed by atoms with Crippen LogP contribution in [0.15, 0.2) is 24.3 Å². The van der Waals surface area contributed by atoms with E-state index in [0.717, 1.165) is 64.2 Å². The van der Waals surface area contributed by atoms with Crippen molar-refractivity contribution in [3.8, 4) is 0 Å². The van der Waals surface area contributed by atoms with Gasteiger partial charge in [-0.1, -0.05) is 224 Å². The minimum Gasteiger partial charge on any atom is -0.477 e. The molecule has 0 saturated heterocycles. The van der Waals surface area contributed by atoms with E-state index in [9.17, 15) is 19.5 Å². The lowest BCUT2D eigenvalue weighted by molar-refractivity contribution is -0.887. The molecule has 64 heavy (non-hydrogen) atoms. The summed E-state index contributed by atoms with van der Waals surface area (Å²) in [4.78, 5) is 37.2. The fraction of sp³-hybridized carbons (Fsp3) is 0.875. The van der Waals surface area contributed by atoms with E-state index in [1.54, 1.807) is 0 Å². The van der Waals surface area contributed by atoms with Gasteiger partial charge in [0.15, 0.2) is 12.1 Å². The Labute approximate surface area is 396 Å². The second-order valence-corrected chi connectivity index (χ2v) is 19.8. The standard InChI is InChI=1S/C56H105NO7/c1-6-8-10-12-14-16-18-20-22-24-25-26-27-28-29-30-31-33-34-36-38-40-42-44-46-54(58)63-51-52(50-62-49-48-53(56(60)61)57(3,4)5)64-55(59)47-45-43-41-39-37-35-32-23-21-19-17-15-13-11-9-7-2/h17,19,23,32,52-53H,6-16,18,20-22,24-31,33-51H2,1-5H3/p+1/b19-17-,32-23-. The molecule has 0 aliphatic rings. The minimum atomic E-state index is -0.874. The number of aliphatic carboxylic acids is 1. The number of carbonyl (C=O) groups is 3. The number of esters is 2. The average molecular weight is 905 g/mol. The number of nitrogens with zero attached hydrogens (tertiary/aromatic N) is 1. The molecule has 8 heteroatoms. The van der Waals surface area contributed by atoms with E-state index >= 15 is 0 Å². The predicted octanol–water partition coefficient (Wildman–Crippen LogP) is 16.0. The summed E-state index contributed by atoms with van der Waals surface area (Å²) in [6.07, 6.45) is 55.2. The van der Waals surface area contributed by atoms with Crippen molar-refractivity contribution in [1.82, 2.24) is 0 Å². The van der Waals surface area contributed by atoms with Crippen molar-refractivity contribution >= 4 is 17.9 Å². The second-order valence-electron chi connectivity index (χ2n) is 19.8. The molecule has 1 N–H and O–H groups in total. The molecule has 0 radical (unpaired) electrons. The summed E-state index contributed by atoms with van der Waals surface area (Å²) in [6.45, 7) is 4.75. The zero-order valence-corrected chi connectivity index (χ0v) is 43.0. The van der Waals surface area contributed by atoms with Crippen molar-refractivity contribution in [3.63, 3.8) is 0 Å². The predicted molar refractivity (Wildman–Crippen MR) is 271 cm³/mol. The first-order chi connectivity index (χ1) is 31.1. The highest BCUT2D eigenvalue weighted by atomic mass is 16.6. The van der Waals surface area contributed by atoms with Crippen molar-refractivity contribution in [2.75, 3.05) is 41.0 Å². The average Bonchev–Trinajstić information content (AvgIpc) is 3.26. The lowest BCUT2D eigenvalue weighted by Gasteiger charge is -2.31. The van der Waals surface area contributed by atoms with Gasteiger partial charge in [-0.15, -0.1) is 0 Å². The molecule has 0 spiro atoms. The highest BCUT2D eigenvalue weighted by Crippen LogP contribution is 2.17. The van der Waals surface area contributed by atoms with Gasteiger partial charge < -0.3 is 23.8 Å². The van der Waals surface area contributed by atoms with Crippen molar-refractivity contribution in [3.05, 3.63) is 24.3 Å². The maximum Gasteiger partial charge on any atom is 0.362 e. The number of allylic oxidation sites excluding steroid dienone is 4. The molecule has 0 fully saturated rings. The van der Waals surface area contributed by atoms with Crippen LogP contribution >= 0.6 is 0 Å². The van der Waals surface area contributed by atoms with Gasteiger partial charge in [-0.05, 0) is 44.9 Å². The quantitative estimate of drug-likeness (QED) is 0.0281. The largest absolute Gasteiger partial charge is 0.477 e. The summed E-state index contributed by atoms with van der Waals surface area (Å²) < 4.78 is 17.4. The molecule has 0 aromatic carbocycles. The van der Waals surface area contributed by atoms with E-state index in [4.69, 9.17) is 14.2 Å². The lowest BCUT2D eigenvalue weighted by Crippen LogP contribution is -2.50. The Balaban J connectivity index is 4.14. The third kappa shape index (κ3) is 45.0. The number of unbranched alkanes of at least 4 members (excludes halogenated alkanes) is 32. The van der Waals surface area contributed by atoms with Crippen molar-refractivity contribution in [2.24, 2.45) is 0 Å². The first-order valence-corrected chi connectivity index (χ1v) is 27.4. The Morgan fingerprint density at radius 2 is 0.828 bits per heavy atom. The van der Waals surface area contributed by atoms with Crippen LogP contribution in [0, 0.1) is 0 Å². The van der Waals surface area contributed by atoms with Crippen LogP contribution in [0.4, 0.5) is 0 Å². The fourth-order valence-electron chi connectivity index (χ4n) is 8.36. The van der Waals surface area contributed by atoms with Gasteiger partial charge in [0.2, 0.25) is 0 Å². The molecule has 0 saturated carbocycles. The smallest absolute Gasteiger partial charge is 0.362 e. The lowest BCUT2D eigenvalue weighted by atomic mass is 10.0. The first-order valence-electron chi connectivity index (χ1n) is 27.4. The molecular formula is C56H106NO7+. The van der Waals surface area contributed by atoms with Crippen LogP contribution in [0.25, 0.3) is 0 Å². The van der Waals surface area contributed by atoms with Gasteiger partial charge in [0, 0.05) is 19.3 Å². The molecule has 0 aromatic rings. The molecule has 8 nitrogen and oxygen atoms in total. The van der Waals surface area contributed by atoms with Gasteiger partial charge >= 0.3 is 17.9 Å². The number of hydrogen-bond donors (Lipinski definition) is 1. The third-order valence-electron chi connectivity index (χ3n) is 12.6. The first kappa shape index (κ1) is 61.8. The maximum absolute atomic E-state index is 12.8. The summed E-state index contributed by atoms with van der Waals surface area (Å²) in [5.74, 6) is -1.47. The number of hydrogen-bond acceptors (Lipinski definition) is 6. The number of ether oxygens (including phenoxy) is 3. The van der Waals surface area contributed by atoms with Crippen LogP contribution in [0.2, 0.25) is 0 Å². The van der Waals surface area contributed by atoms with Crippen LogP contribution in [-0.2, 0) is 28.6 Å². The minimum absolute atomic E-state index is 0.0517. The molecule has 0 aliphatic heterocycles. The summed E-state index contributed by atoms with van der Waals surface area (Å²) in [7, 11) is 5.54. The van der Waals surface area contributed by atoms with Crippen LogP contribution in [0.1, 0.15) is 264 Å². The van der Waals surface area contributed by atoms with Crippen molar-refractivity contribution in [2.45, 2.75) is 276 Å². The summed E-state index contributed by atoms with van der Waals surface area (Å²) in [5.41, 5.74) is 0. The van der Waals surface area contributed by atoms with Crippen LogP contribution in [0.5, 0.6) is 0 Å². The summed E-state index contributed by atoms with van der Waals surface area (Å²) in [6, 6.07) is -0.615. The van der Waals surface area contributed by atoms with E-state index < -0.39 is 18.1 Å². The Hall–Kier alpha value is -2.19. The zero-order valence-electron chi connectivity index (χ0n) is 43.0. The van der Waals surface area contributed by atoms with Crippen molar-refractivity contribution < 1.29 is 38.2 Å². The topological polar surface area (TPSA) is 99.1 Å². The van der Waals surface area contributed by atoms with Crippen molar-refractivity contribution in [1.29, 1.82) is 0 Å². The van der Waals surface area contributed by atoms with Gasteiger partial charge in [-0.2, -0.15) is 0 Å². The Morgan fingerprint density at radius 1 is 0.469 bits per heavy atom. The highest BCUT2D eigenvalue weighted by Gasteiger charge is 2.31. The SMILES string of the molecule is CCCCCC/C=C\C/C=C\CCCCCCCC(=O)OC(COCCC(C(=O)O)[N+](C)(C)C)COC(=O)CCCCCCCCCCCCCCCCCCCCCCCCCC. The van der Waals surface area contributed by atoms with E-state index in [0.29, 0.717) is 19.3 Å². The molecule has 376 valence electrons. The monoisotopic (exact) mass is 905 g/mol. The molecule has 0 aromatic heterocycles. The van der Waals surface area contributed by atoms with Crippen LogP contribution in [0.3, 0.4) is 0 Å². The second kappa shape index (κ2) is 47.3. The van der Waals surface area contributed by atoms with Gasteiger partial charge in [-0.25, -0.2) is 4.79 Å². The molecule has 0 heterocycles. The molecule has 0 amide bonds. The van der Waals surface area contributed by atoms with Crippen LogP contribution < -0.4 is 0 Å². The molecule has 0 bridgehead atoms. The number of likely N-dealkylation sites (N-methyl/N-ethyl adjacent to an activating group) is 1. The van der Waals surface area contributed by atoms with E-state index in [2.05, 4.69) is 38.2 Å². The number of carboxylic acid groups (broad SMARTS) is 1. The molecule has 0 rings (SSSR count). The summed E-state index contributed by atoms with van der Waals surface area (Å²) >= 11 is 0. The number of carboxylic acids is 1. The molecule has 2 unspecified atom stereocenters. The molecule has 0 aliphatic carbocycles. The third-order valence-corrected chi connectivity index (χ3v) is 12.6. The molecule has 2 atom stereocenters. The fourth-order valence-corrected chi connectivity index (χ4v) is 8.36. The van der Waals surface area contributed by atoms with Gasteiger partial charge in [-0.3, -0.25) is 9.59 Å². The maximum atomic E-state index is 12.8. The van der Waals surface area contributed by atoms with E-state index in [-0.39, 0.29) is 36.2 Å². The van der Waals surface area contributed by atoms with Gasteiger partial charge in [0.25, 0.3) is 0 Å². The Kier molecular flexibility index (Phi) is 45.7. The van der Waals surface area contributed by atoms with E-state index in [1.807, 2.05) is 21.1 Å². The normalized spacial score (nSPS) is 13.0. The van der Waals surface area contributed by atoms with Gasteiger partial charge in [0.1, 0.15) is 6.61 Å². The number of quaternary nitrogens is 1. The number of carbonyl (C=O) groups excluding carboxylic acids is 2. The van der Waals surface area contributed by atoms with Crippen LogP contribution in [-0.4, -0.2) is 80.6 Å². The van der Waals surface area contributed by atoms with Gasteiger partial charge in [0.05, 0.1) is 34.4 Å². The Morgan fingerprint density at radius 3 is 1.22 bits per heavy atom. The molecular weight excluding hydrogens is 799 g/mol. The Bertz CT molecular complexity index is 1100. The zero-order chi connectivity index (χ0) is 47.0. The van der Waals surface area contributed by atoms with E-state index in [1.165, 1.54) is 167 Å². The summed E-state index contributed by atoms with van der Waals surface area (Å²) in [5, 5.41) is 9.66. The highest BCUT2D eigenvalue weighted by molar-refractivity contribution is 5.72.